The van der Waals surface area contributed by atoms with Crippen molar-refractivity contribution in [3.63, 3.8) is 0 Å². The van der Waals surface area contributed by atoms with E-state index in [1.54, 1.807) is 0 Å². The van der Waals surface area contributed by atoms with Crippen molar-refractivity contribution < 1.29 is 0 Å². The second-order valence-electron chi connectivity index (χ2n) is 15.4. The first-order chi connectivity index (χ1) is 27.5. The van der Waals surface area contributed by atoms with Crippen LogP contribution in [-0.2, 0) is 5.41 Å². The maximum Gasteiger partial charge on any atom is 0.160 e. The van der Waals surface area contributed by atoms with Gasteiger partial charge in [-0.1, -0.05) is 153 Å². The summed E-state index contributed by atoms with van der Waals surface area (Å²) in [7, 11) is 0. The van der Waals surface area contributed by atoms with Gasteiger partial charge >= 0.3 is 0 Å². The van der Waals surface area contributed by atoms with Gasteiger partial charge in [-0.2, -0.15) is 0 Å². The summed E-state index contributed by atoms with van der Waals surface area (Å²) in [6, 6.07) is 66.1. The standard InChI is InChI=1S/C53H36N2S/c1-53(2)46-21-10-8-17-42(46)43-26-25-37(31-47(43)53)48-32-49(55-52(54-48)34-14-4-3-5-15-34)40-29-38(36-24-23-33-13-6-7-16-35(33)27-36)28-39(30-40)41-19-12-20-45-44-18-9-11-22-50(44)56-51(41)45/h3-32H,1-2H3. The molecule has 2 aromatic heterocycles. The Morgan fingerprint density at radius 3 is 1.95 bits per heavy atom. The SMILES string of the molecule is CC1(C)c2ccccc2-c2ccc(-c3cc(-c4cc(-c5ccc6ccccc6c5)cc(-c5cccc6c5sc5ccccc56)c4)nc(-c4ccccc4)n3)cc21. The van der Waals surface area contributed by atoms with Crippen molar-refractivity contribution in [2.75, 3.05) is 0 Å². The van der Waals surface area contributed by atoms with Crippen LogP contribution in [0.3, 0.4) is 0 Å². The first-order valence-corrected chi connectivity index (χ1v) is 20.0. The van der Waals surface area contributed by atoms with Crippen molar-refractivity contribution in [1.82, 2.24) is 9.97 Å². The Labute approximate surface area is 330 Å². The lowest BCUT2D eigenvalue weighted by Crippen LogP contribution is -2.14. The van der Waals surface area contributed by atoms with Crippen molar-refractivity contribution in [1.29, 1.82) is 0 Å². The Balaban J connectivity index is 1.14. The molecule has 2 heterocycles. The molecule has 0 unspecified atom stereocenters. The van der Waals surface area contributed by atoms with E-state index in [2.05, 4.69) is 190 Å². The molecule has 8 aromatic carbocycles. The van der Waals surface area contributed by atoms with Gasteiger partial charge < -0.3 is 0 Å². The number of fused-ring (bicyclic) bond motifs is 7. The Morgan fingerprint density at radius 1 is 0.393 bits per heavy atom. The van der Waals surface area contributed by atoms with Gasteiger partial charge in [0.15, 0.2) is 5.82 Å². The smallest absolute Gasteiger partial charge is 0.160 e. The van der Waals surface area contributed by atoms with Gasteiger partial charge in [0.05, 0.1) is 11.4 Å². The third-order valence-electron chi connectivity index (χ3n) is 11.7. The molecule has 11 rings (SSSR count). The highest BCUT2D eigenvalue weighted by Gasteiger charge is 2.35. The van der Waals surface area contributed by atoms with Crippen molar-refractivity contribution in [3.05, 3.63) is 193 Å². The number of thiophene rings is 1. The minimum Gasteiger partial charge on any atom is -0.228 e. The zero-order chi connectivity index (χ0) is 37.4. The van der Waals surface area contributed by atoms with E-state index >= 15 is 0 Å². The molecule has 0 bridgehead atoms. The van der Waals surface area contributed by atoms with E-state index in [1.165, 1.54) is 69.9 Å². The van der Waals surface area contributed by atoms with Crippen molar-refractivity contribution in [2.45, 2.75) is 19.3 Å². The van der Waals surface area contributed by atoms with Crippen LogP contribution in [0.25, 0.3) is 98.2 Å². The second-order valence-corrected chi connectivity index (χ2v) is 16.5. The van der Waals surface area contributed by atoms with Crippen LogP contribution in [0.4, 0.5) is 0 Å². The van der Waals surface area contributed by atoms with Crippen LogP contribution in [-0.4, -0.2) is 9.97 Å². The Morgan fingerprint density at radius 2 is 1.05 bits per heavy atom. The summed E-state index contributed by atoms with van der Waals surface area (Å²) >= 11 is 1.87. The van der Waals surface area contributed by atoms with E-state index in [0.29, 0.717) is 5.82 Å². The number of aromatic nitrogens is 2. The summed E-state index contributed by atoms with van der Waals surface area (Å²) in [5.41, 5.74) is 14.9. The first-order valence-electron chi connectivity index (χ1n) is 19.2. The number of benzene rings is 8. The van der Waals surface area contributed by atoms with Crippen LogP contribution in [0, 0.1) is 0 Å². The van der Waals surface area contributed by atoms with Crippen molar-refractivity contribution in [3.8, 4) is 67.3 Å². The number of nitrogens with zero attached hydrogens (tertiary/aromatic N) is 2. The Kier molecular flexibility index (Phi) is 7.42. The number of hydrogen-bond acceptors (Lipinski definition) is 3. The molecule has 0 fully saturated rings. The molecule has 2 nitrogen and oxygen atoms in total. The Hall–Kier alpha value is -6.68. The van der Waals surface area contributed by atoms with Crippen molar-refractivity contribution in [2.24, 2.45) is 0 Å². The van der Waals surface area contributed by atoms with E-state index in [1.807, 2.05) is 17.4 Å². The molecule has 0 amide bonds. The number of hydrogen-bond donors (Lipinski definition) is 0. The summed E-state index contributed by atoms with van der Waals surface area (Å²) in [4.78, 5) is 10.6. The minimum atomic E-state index is -0.114. The van der Waals surface area contributed by atoms with Gasteiger partial charge in [0.1, 0.15) is 0 Å². The Bertz CT molecular complexity index is 3170. The predicted molar refractivity (Wildman–Crippen MR) is 237 cm³/mol. The molecular weight excluding hydrogens is 697 g/mol. The lowest BCUT2D eigenvalue weighted by molar-refractivity contribution is 0.660. The average molecular weight is 733 g/mol. The zero-order valence-corrected chi connectivity index (χ0v) is 31.9. The summed E-state index contributed by atoms with van der Waals surface area (Å²) in [5.74, 6) is 0.713. The molecule has 0 radical (unpaired) electrons. The highest BCUT2D eigenvalue weighted by molar-refractivity contribution is 7.26. The average Bonchev–Trinajstić information content (AvgIpc) is 3.75. The maximum absolute atomic E-state index is 5.34. The fourth-order valence-electron chi connectivity index (χ4n) is 8.76. The third kappa shape index (κ3) is 5.31. The second kappa shape index (κ2) is 12.7. The highest BCUT2D eigenvalue weighted by Crippen LogP contribution is 2.50. The van der Waals surface area contributed by atoms with Gasteiger partial charge in [0.25, 0.3) is 0 Å². The van der Waals surface area contributed by atoms with Gasteiger partial charge in [-0.15, -0.1) is 11.3 Å². The molecule has 3 heteroatoms. The quantitative estimate of drug-likeness (QED) is 0.176. The third-order valence-corrected chi connectivity index (χ3v) is 12.9. The van der Waals surface area contributed by atoms with Crippen LogP contribution >= 0.6 is 11.3 Å². The fourth-order valence-corrected chi connectivity index (χ4v) is 10.0. The molecule has 0 saturated carbocycles. The number of rotatable bonds is 5. The van der Waals surface area contributed by atoms with Gasteiger partial charge in [0, 0.05) is 42.3 Å². The first kappa shape index (κ1) is 32.7. The van der Waals surface area contributed by atoms with Gasteiger partial charge in [-0.25, -0.2) is 9.97 Å². The van der Waals surface area contributed by atoms with Gasteiger partial charge in [-0.05, 0) is 97.7 Å². The maximum atomic E-state index is 5.34. The summed E-state index contributed by atoms with van der Waals surface area (Å²) in [5, 5.41) is 5.05. The molecule has 0 atom stereocenters. The fraction of sp³-hybridized carbons (Fsp3) is 0.0566. The molecule has 1 aliphatic carbocycles. The molecule has 10 aromatic rings. The largest absolute Gasteiger partial charge is 0.228 e. The van der Waals surface area contributed by atoms with Crippen LogP contribution in [0.15, 0.2) is 182 Å². The lowest BCUT2D eigenvalue weighted by Gasteiger charge is -2.22. The molecule has 56 heavy (non-hydrogen) atoms. The highest BCUT2D eigenvalue weighted by atomic mass is 32.1. The van der Waals surface area contributed by atoms with E-state index < -0.39 is 0 Å². The summed E-state index contributed by atoms with van der Waals surface area (Å²) in [6.07, 6.45) is 0. The van der Waals surface area contributed by atoms with E-state index in [-0.39, 0.29) is 5.41 Å². The van der Waals surface area contributed by atoms with Crippen LogP contribution < -0.4 is 0 Å². The summed E-state index contributed by atoms with van der Waals surface area (Å²) in [6.45, 7) is 4.67. The molecule has 0 saturated heterocycles. The monoisotopic (exact) mass is 732 g/mol. The molecule has 0 N–H and O–H groups in total. The van der Waals surface area contributed by atoms with E-state index in [9.17, 15) is 0 Å². The molecule has 1 aliphatic rings. The van der Waals surface area contributed by atoms with Crippen LogP contribution in [0.1, 0.15) is 25.0 Å². The van der Waals surface area contributed by atoms with Crippen LogP contribution in [0.5, 0.6) is 0 Å². The predicted octanol–water partition coefficient (Wildman–Crippen LogP) is 14.6. The topological polar surface area (TPSA) is 25.8 Å². The minimum absolute atomic E-state index is 0.114. The molecule has 264 valence electrons. The van der Waals surface area contributed by atoms with E-state index in [0.717, 1.165) is 33.6 Å². The van der Waals surface area contributed by atoms with Gasteiger partial charge in [-0.3, -0.25) is 0 Å². The van der Waals surface area contributed by atoms with Crippen LogP contribution in [0.2, 0.25) is 0 Å². The van der Waals surface area contributed by atoms with Crippen molar-refractivity contribution >= 4 is 42.3 Å². The molecule has 0 spiro atoms. The summed E-state index contributed by atoms with van der Waals surface area (Å²) < 4.78 is 2.60. The molecular formula is C53H36N2S. The van der Waals surface area contributed by atoms with E-state index in [4.69, 9.17) is 9.97 Å². The lowest BCUT2D eigenvalue weighted by atomic mass is 9.82. The normalized spacial score (nSPS) is 13.0. The molecule has 0 aliphatic heterocycles. The van der Waals surface area contributed by atoms with Gasteiger partial charge in [0.2, 0.25) is 0 Å². The zero-order valence-electron chi connectivity index (χ0n) is 31.1.